The zero-order valence-corrected chi connectivity index (χ0v) is 12.3. The summed E-state index contributed by atoms with van der Waals surface area (Å²) in [6.07, 6.45) is -4.06. The van der Waals surface area contributed by atoms with Gasteiger partial charge in [-0.3, -0.25) is 0 Å². The Morgan fingerprint density at radius 2 is 1.75 bits per heavy atom. The van der Waals surface area contributed by atoms with Crippen LogP contribution in [-0.2, 0) is 6.18 Å². The van der Waals surface area contributed by atoms with E-state index in [1.165, 1.54) is 12.1 Å². The minimum absolute atomic E-state index is 0.0969. The average molecular weight is 289 g/mol. The van der Waals surface area contributed by atoms with Gasteiger partial charge >= 0.3 is 6.18 Å². The highest BCUT2D eigenvalue weighted by atomic mass is 19.4. The Morgan fingerprint density at radius 1 is 1.15 bits per heavy atom. The molecule has 0 fully saturated rings. The van der Waals surface area contributed by atoms with Gasteiger partial charge in [-0.2, -0.15) is 13.2 Å². The molecule has 0 heterocycles. The number of halogens is 3. The van der Waals surface area contributed by atoms with Crippen molar-refractivity contribution in [3.05, 3.63) is 29.8 Å². The summed E-state index contributed by atoms with van der Waals surface area (Å²) in [5.74, 6) is -0.109. The molecule has 1 aromatic carbocycles. The van der Waals surface area contributed by atoms with Crippen molar-refractivity contribution in [3.8, 4) is 5.75 Å². The summed E-state index contributed by atoms with van der Waals surface area (Å²) in [4.78, 5) is 0. The highest BCUT2D eigenvalue weighted by Gasteiger charge is 2.34. The lowest BCUT2D eigenvalue weighted by molar-refractivity contribution is -0.139. The molecule has 5 heteroatoms. The Kier molecular flexibility index (Phi) is 5.45. The first-order valence-electron chi connectivity index (χ1n) is 6.71. The number of ether oxygens (including phenoxy) is 1. The van der Waals surface area contributed by atoms with Crippen LogP contribution >= 0.6 is 0 Å². The van der Waals surface area contributed by atoms with Crippen molar-refractivity contribution < 1.29 is 17.9 Å². The molecule has 0 saturated heterocycles. The summed E-state index contributed by atoms with van der Waals surface area (Å²) in [6, 6.07) is 5.32. The lowest BCUT2D eigenvalue weighted by atomic mass is 10.1. The molecule has 0 saturated carbocycles. The van der Waals surface area contributed by atoms with Gasteiger partial charge in [-0.15, -0.1) is 0 Å². The Bertz CT molecular complexity index is 424. The first-order valence-corrected chi connectivity index (χ1v) is 6.71. The van der Waals surface area contributed by atoms with Crippen LogP contribution in [0.1, 0.15) is 39.7 Å². The molecular formula is C15H22F3NO. The van der Waals surface area contributed by atoms with Crippen molar-refractivity contribution in [2.75, 3.05) is 6.54 Å². The number of para-hydroxylation sites is 1. The maximum atomic E-state index is 12.9. The second-order valence-electron chi connectivity index (χ2n) is 5.77. The smallest absolute Gasteiger partial charge is 0.419 e. The minimum Gasteiger partial charge on any atom is -0.488 e. The average Bonchev–Trinajstić information content (AvgIpc) is 2.32. The Balaban J connectivity index is 2.80. The van der Waals surface area contributed by atoms with E-state index in [1.54, 1.807) is 6.07 Å². The normalized spacial score (nSPS) is 14.2. The lowest BCUT2D eigenvalue weighted by Gasteiger charge is -2.26. The molecule has 0 aliphatic carbocycles. The molecule has 0 spiro atoms. The summed E-state index contributed by atoms with van der Waals surface area (Å²) in [5, 5.41) is 3.25. The van der Waals surface area contributed by atoms with Crippen LogP contribution in [0.5, 0.6) is 5.75 Å². The van der Waals surface area contributed by atoms with E-state index in [2.05, 4.69) is 5.32 Å². The number of hydrogen-bond acceptors (Lipinski definition) is 2. The van der Waals surface area contributed by atoms with Crippen LogP contribution in [0.15, 0.2) is 24.3 Å². The van der Waals surface area contributed by atoms with Gasteiger partial charge in [0, 0.05) is 12.1 Å². The predicted molar refractivity (Wildman–Crippen MR) is 73.9 cm³/mol. The van der Waals surface area contributed by atoms with Crippen molar-refractivity contribution in [3.63, 3.8) is 0 Å². The molecule has 1 N–H and O–H groups in total. The van der Waals surface area contributed by atoms with Gasteiger partial charge in [-0.1, -0.05) is 19.1 Å². The van der Waals surface area contributed by atoms with Crippen molar-refractivity contribution in [2.24, 2.45) is 0 Å². The summed E-state index contributed by atoms with van der Waals surface area (Å²) in [6.45, 7) is 8.41. The molecule has 1 unspecified atom stereocenters. The van der Waals surface area contributed by atoms with Crippen LogP contribution in [0.25, 0.3) is 0 Å². The lowest BCUT2D eigenvalue weighted by Crippen LogP contribution is -2.42. The summed E-state index contributed by atoms with van der Waals surface area (Å²) < 4.78 is 44.2. The van der Waals surface area contributed by atoms with Crippen LogP contribution in [-0.4, -0.2) is 18.2 Å². The predicted octanol–water partition coefficient (Wildman–Crippen LogP) is 4.25. The molecule has 20 heavy (non-hydrogen) atoms. The zero-order chi connectivity index (χ0) is 15.4. The van der Waals surface area contributed by atoms with Crippen LogP contribution in [0, 0.1) is 0 Å². The molecule has 114 valence electrons. The van der Waals surface area contributed by atoms with E-state index in [0.717, 1.165) is 6.07 Å². The summed E-state index contributed by atoms with van der Waals surface area (Å²) in [5.41, 5.74) is -0.824. The van der Waals surface area contributed by atoms with Gasteiger partial charge in [-0.05, 0) is 39.3 Å². The molecule has 0 amide bonds. The van der Waals surface area contributed by atoms with E-state index in [4.69, 9.17) is 4.74 Å². The molecule has 1 rings (SSSR count). The van der Waals surface area contributed by atoms with Gasteiger partial charge in [0.25, 0.3) is 0 Å². The molecule has 1 aromatic rings. The van der Waals surface area contributed by atoms with Crippen molar-refractivity contribution in [1.82, 2.24) is 5.32 Å². The SMILES string of the molecule is CCC(CNC(C)(C)C)Oc1ccccc1C(F)(F)F. The highest BCUT2D eigenvalue weighted by molar-refractivity contribution is 5.35. The third-order valence-electron chi connectivity index (χ3n) is 2.80. The van der Waals surface area contributed by atoms with E-state index in [0.29, 0.717) is 13.0 Å². The second kappa shape index (κ2) is 6.48. The molecule has 0 aromatic heterocycles. The van der Waals surface area contributed by atoms with Gasteiger partial charge in [0.15, 0.2) is 0 Å². The van der Waals surface area contributed by atoms with Crippen LogP contribution in [0.3, 0.4) is 0 Å². The highest BCUT2D eigenvalue weighted by Crippen LogP contribution is 2.36. The fourth-order valence-electron chi connectivity index (χ4n) is 1.67. The number of hydrogen-bond donors (Lipinski definition) is 1. The second-order valence-corrected chi connectivity index (χ2v) is 5.77. The number of rotatable bonds is 5. The van der Waals surface area contributed by atoms with E-state index in [9.17, 15) is 13.2 Å². The number of benzene rings is 1. The molecule has 0 aliphatic rings. The van der Waals surface area contributed by atoms with Gasteiger partial charge in [0.1, 0.15) is 11.9 Å². The van der Waals surface area contributed by atoms with Crippen LogP contribution < -0.4 is 10.1 Å². The molecule has 2 nitrogen and oxygen atoms in total. The summed E-state index contributed by atoms with van der Waals surface area (Å²) >= 11 is 0. The fraction of sp³-hybridized carbons (Fsp3) is 0.600. The van der Waals surface area contributed by atoms with Gasteiger partial charge in [-0.25, -0.2) is 0 Å². The molecular weight excluding hydrogens is 267 g/mol. The van der Waals surface area contributed by atoms with Crippen molar-refractivity contribution >= 4 is 0 Å². The third kappa shape index (κ3) is 5.41. The topological polar surface area (TPSA) is 21.3 Å². The Morgan fingerprint density at radius 3 is 2.25 bits per heavy atom. The van der Waals surface area contributed by atoms with Crippen molar-refractivity contribution in [2.45, 2.75) is 51.9 Å². The molecule has 0 radical (unpaired) electrons. The maximum Gasteiger partial charge on any atom is 0.419 e. The number of alkyl halides is 3. The first-order chi connectivity index (χ1) is 9.13. The fourth-order valence-corrected chi connectivity index (χ4v) is 1.67. The monoisotopic (exact) mass is 289 g/mol. The minimum atomic E-state index is -4.40. The van der Waals surface area contributed by atoms with E-state index >= 15 is 0 Å². The first kappa shape index (κ1) is 16.8. The van der Waals surface area contributed by atoms with Gasteiger partial charge < -0.3 is 10.1 Å². The van der Waals surface area contributed by atoms with Crippen LogP contribution in [0.4, 0.5) is 13.2 Å². The quantitative estimate of drug-likeness (QED) is 0.875. The third-order valence-corrected chi connectivity index (χ3v) is 2.80. The number of nitrogens with one attached hydrogen (secondary N) is 1. The van der Waals surface area contributed by atoms with Gasteiger partial charge in [0.2, 0.25) is 0 Å². The van der Waals surface area contributed by atoms with Crippen molar-refractivity contribution in [1.29, 1.82) is 0 Å². The largest absolute Gasteiger partial charge is 0.488 e. The van der Waals surface area contributed by atoms with Gasteiger partial charge in [0.05, 0.1) is 5.56 Å². The molecule has 0 bridgehead atoms. The summed E-state index contributed by atoms with van der Waals surface area (Å²) in [7, 11) is 0. The van der Waals surface area contributed by atoms with E-state index in [-0.39, 0.29) is 17.4 Å². The van der Waals surface area contributed by atoms with E-state index in [1.807, 2.05) is 27.7 Å². The van der Waals surface area contributed by atoms with E-state index < -0.39 is 11.7 Å². The molecule has 0 aliphatic heterocycles. The Labute approximate surface area is 118 Å². The Hall–Kier alpha value is -1.23. The van der Waals surface area contributed by atoms with Crippen LogP contribution in [0.2, 0.25) is 0 Å². The molecule has 1 atom stereocenters. The maximum absolute atomic E-state index is 12.9. The standard InChI is InChI=1S/C15H22F3NO/c1-5-11(10-19-14(2,3)4)20-13-9-7-6-8-12(13)15(16,17)18/h6-9,11,19H,5,10H2,1-4H3. The zero-order valence-electron chi connectivity index (χ0n) is 12.3.